The Morgan fingerprint density at radius 2 is 2.00 bits per heavy atom. The third-order valence-electron chi connectivity index (χ3n) is 2.61. The lowest BCUT2D eigenvalue weighted by molar-refractivity contribution is -0.120. The molecule has 0 saturated carbocycles. The maximum Gasteiger partial charge on any atom is 0.234 e. The second-order valence-corrected chi connectivity index (χ2v) is 4.41. The van der Waals surface area contributed by atoms with Crippen LogP contribution in [0.25, 0.3) is 0 Å². The minimum Gasteiger partial charge on any atom is -0.381 e. The Bertz CT molecular complexity index is 341. The van der Waals surface area contributed by atoms with Gasteiger partial charge in [-0.3, -0.25) is 4.79 Å². The van der Waals surface area contributed by atoms with E-state index >= 15 is 0 Å². The molecule has 1 amide bonds. The van der Waals surface area contributed by atoms with Gasteiger partial charge < -0.3 is 15.4 Å². The van der Waals surface area contributed by atoms with Crippen LogP contribution in [-0.4, -0.2) is 32.2 Å². The molecule has 0 saturated heterocycles. The van der Waals surface area contributed by atoms with Gasteiger partial charge in [-0.1, -0.05) is 37.3 Å². The number of amides is 1. The van der Waals surface area contributed by atoms with Gasteiger partial charge in [0.05, 0.1) is 6.54 Å². The van der Waals surface area contributed by atoms with Gasteiger partial charge >= 0.3 is 0 Å². The number of hydrogen-bond acceptors (Lipinski definition) is 3. The summed E-state index contributed by atoms with van der Waals surface area (Å²) in [6, 6.07) is 9.90. The van der Waals surface area contributed by atoms with E-state index in [0.29, 0.717) is 13.1 Å². The second kappa shape index (κ2) is 10.5. The molecule has 0 fully saturated rings. The van der Waals surface area contributed by atoms with Crippen LogP contribution in [-0.2, 0) is 16.1 Å². The first-order valence-corrected chi connectivity index (χ1v) is 6.92. The number of benzene rings is 1. The molecule has 0 heterocycles. The highest BCUT2D eigenvalue weighted by Gasteiger charge is 2.00. The van der Waals surface area contributed by atoms with Crippen LogP contribution in [0.1, 0.15) is 25.3 Å². The smallest absolute Gasteiger partial charge is 0.234 e. The maximum absolute atomic E-state index is 11.5. The van der Waals surface area contributed by atoms with Crippen LogP contribution < -0.4 is 10.6 Å². The predicted molar refractivity (Wildman–Crippen MR) is 76.9 cm³/mol. The van der Waals surface area contributed by atoms with Crippen molar-refractivity contribution in [3.8, 4) is 0 Å². The van der Waals surface area contributed by atoms with Gasteiger partial charge in [0.25, 0.3) is 0 Å². The molecular weight excluding hydrogens is 240 g/mol. The summed E-state index contributed by atoms with van der Waals surface area (Å²) in [4.78, 5) is 11.5. The van der Waals surface area contributed by atoms with Gasteiger partial charge in [-0.05, 0) is 24.9 Å². The zero-order chi connectivity index (χ0) is 13.8. The summed E-state index contributed by atoms with van der Waals surface area (Å²) < 4.78 is 5.35. The summed E-state index contributed by atoms with van der Waals surface area (Å²) in [5.41, 5.74) is 1.11. The molecule has 19 heavy (non-hydrogen) atoms. The molecule has 4 nitrogen and oxygen atoms in total. The second-order valence-electron chi connectivity index (χ2n) is 4.41. The normalized spacial score (nSPS) is 10.4. The van der Waals surface area contributed by atoms with E-state index in [2.05, 4.69) is 17.6 Å². The molecule has 1 aromatic carbocycles. The predicted octanol–water partition coefficient (Wildman–Crippen LogP) is 1.71. The van der Waals surface area contributed by atoms with E-state index in [4.69, 9.17) is 4.74 Å². The molecule has 0 aromatic heterocycles. The molecule has 0 spiro atoms. The van der Waals surface area contributed by atoms with Crippen molar-refractivity contribution in [2.45, 2.75) is 26.3 Å². The van der Waals surface area contributed by atoms with E-state index in [1.54, 1.807) is 0 Å². The minimum absolute atomic E-state index is 0.0262. The number of ether oxygens (including phenoxy) is 1. The quantitative estimate of drug-likeness (QED) is 0.633. The number of carbonyl (C=O) groups excluding carboxylic acids is 1. The van der Waals surface area contributed by atoms with Crippen molar-refractivity contribution in [2.24, 2.45) is 0 Å². The molecule has 2 N–H and O–H groups in total. The van der Waals surface area contributed by atoms with Crippen LogP contribution in [0.3, 0.4) is 0 Å². The van der Waals surface area contributed by atoms with E-state index in [-0.39, 0.29) is 5.91 Å². The summed E-state index contributed by atoms with van der Waals surface area (Å²) >= 11 is 0. The third kappa shape index (κ3) is 8.35. The van der Waals surface area contributed by atoms with Crippen LogP contribution in [0, 0.1) is 0 Å². The van der Waals surface area contributed by atoms with Crippen molar-refractivity contribution in [3.63, 3.8) is 0 Å². The standard InChI is InChI=1S/C15H24N2O2/c1-2-10-19-11-6-9-16-13-15(18)17-12-14-7-4-3-5-8-14/h3-5,7-8,16H,2,6,9-13H2,1H3,(H,17,18). The van der Waals surface area contributed by atoms with E-state index < -0.39 is 0 Å². The lowest BCUT2D eigenvalue weighted by Crippen LogP contribution is -2.34. The summed E-state index contributed by atoms with van der Waals surface area (Å²) in [5.74, 6) is 0.0262. The fraction of sp³-hybridized carbons (Fsp3) is 0.533. The van der Waals surface area contributed by atoms with Crippen LogP contribution in [0.5, 0.6) is 0 Å². The average Bonchev–Trinajstić information content (AvgIpc) is 2.45. The fourth-order valence-electron chi connectivity index (χ4n) is 1.61. The number of hydrogen-bond donors (Lipinski definition) is 2. The van der Waals surface area contributed by atoms with E-state index in [1.165, 1.54) is 0 Å². The van der Waals surface area contributed by atoms with Gasteiger partial charge in [-0.15, -0.1) is 0 Å². The summed E-state index contributed by atoms with van der Waals surface area (Å²) in [5, 5.41) is 5.98. The molecule has 0 bridgehead atoms. The van der Waals surface area contributed by atoms with Gasteiger partial charge in [0.1, 0.15) is 0 Å². The molecule has 0 unspecified atom stereocenters. The number of rotatable bonds is 10. The zero-order valence-corrected chi connectivity index (χ0v) is 11.7. The van der Waals surface area contributed by atoms with Gasteiger partial charge in [0.2, 0.25) is 5.91 Å². The highest BCUT2D eigenvalue weighted by atomic mass is 16.5. The van der Waals surface area contributed by atoms with Gasteiger partial charge in [0, 0.05) is 19.8 Å². The topological polar surface area (TPSA) is 50.4 Å². The van der Waals surface area contributed by atoms with Gasteiger partial charge in [-0.2, -0.15) is 0 Å². The summed E-state index contributed by atoms with van der Waals surface area (Å²) in [7, 11) is 0. The average molecular weight is 264 g/mol. The molecule has 1 rings (SSSR count). The fourth-order valence-corrected chi connectivity index (χ4v) is 1.61. The van der Waals surface area contributed by atoms with E-state index in [0.717, 1.165) is 38.2 Å². The molecule has 0 aliphatic carbocycles. The molecule has 4 heteroatoms. The highest BCUT2D eigenvalue weighted by Crippen LogP contribution is 1.96. The van der Waals surface area contributed by atoms with Crippen LogP contribution in [0.2, 0.25) is 0 Å². The van der Waals surface area contributed by atoms with Crippen LogP contribution in [0.15, 0.2) is 30.3 Å². The largest absolute Gasteiger partial charge is 0.381 e. The first-order chi connectivity index (χ1) is 9.33. The van der Waals surface area contributed by atoms with Crippen LogP contribution >= 0.6 is 0 Å². The monoisotopic (exact) mass is 264 g/mol. The van der Waals surface area contributed by atoms with E-state index in [1.807, 2.05) is 30.3 Å². The Labute approximate surface area is 115 Å². The Kier molecular flexibility index (Phi) is 8.68. The minimum atomic E-state index is 0.0262. The van der Waals surface area contributed by atoms with Crippen LogP contribution in [0.4, 0.5) is 0 Å². The first kappa shape index (κ1) is 15.7. The molecule has 0 aliphatic heterocycles. The molecule has 106 valence electrons. The van der Waals surface area contributed by atoms with Gasteiger partial charge in [-0.25, -0.2) is 0 Å². The van der Waals surface area contributed by atoms with Crippen molar-refractivity contribution in [1.82, 2.24) is 10.6 Å². The Morgan fingerprint density at radius 1 is 1.21 bits per heavy atom. The van der Waals surface area contributed by atoms with Crippen molar-refractivity contribution in [3.05, 3.63) is 35.9 Å². The Hall–Kier alpha value is -1.39. The zero-order valence-electron chi connectivity index (χ0n) is 11.7. The molecule has 0 radical (unpaired) electrons. The Balaban J connectivity index is 1.96. The molecule has 0 aliphatic rings. The molecule has 0 atom stereocenters. The lowest BCUT2D eigenvalue weighted by atomic mass is 10.2. The van der Waals surface area contributed by atoms with Crippen molar-refractivity contribution >= 4 is 5.91 Å². The third-order valence-corrected chi connectivity index (χ3v) is 2.61. The highest BCUT2D eigenvalue weighted by molar-refractivity contribution is 5.77. The lowest BCUT2D eigenvalue weighted by Gasteiger charge is -2.07. The van der Waals surface area contributed by atoms with E-state index in [9.17, 15) is 4.79 Å². The maximum atomic E-state index is 11.5. The first-order valence-electron chi connectivity index (χ1n) is 6.92. The number of nitrogens with one attached hydrogen (secondary N) is 2. The summed E-state index contributed by atoms with van der Waals surface area (Å²) in [6.07, 6.45) is 1.99. The van der Waals surface area contributed by atoms with Crippen molar-refractivity contribution in [2.75, 3.05) is 26.3 Å². The van der Waals surface area contributed by atoms with Crippen molar-refractivity contribution in [1.29, 1.82) is 0 Å². The number of carbonyl (C=O) groups is 1. The molecular formula is C15H24N2O2. The van der Waals surface area contributed by atoms with Gasteiger partial charge in [0.15, 0.2) is 0 Å². The van der Waals surface area contributed by atoms with Crippen molar-refractivity contribution < 1.29 is 9.53 Å². The summed E-state index contributed by atoms with van der Waals surface area (Å²) in [6.45, 7) is 5.42. The Morgan fingerprint density at radius 3 is 2.74 bits per heavy atom. The SMILES string of the molecule is CCCOCCCNCC(=O)NCc1ccccc1. The molecule has 1 aromatic rings.